The van der Waals surface area contributed by atoms with Gasteiger partial charge in [-0.05, 0) is 60.7 Å². The molecule has 5 nitrogen and oxygen atoms in total. The van der Waals surface area contributed by atoms with Crippen molar-refractivity contribution in [3.8, 4) is 17.3 Å². The highest BCUT2D eigenvalue weighted by molar-refractivity contribution is 6.10. The van der Waals surface area contributed by atoms with E-state index in [2.05, 4.69) is 159 Å². The van der Waals surface area contributed by atoms with Crippen LogP contribution in [0.5, 0.6) is 0 Å². The zero-order valence-electron chi connectivity index (χ0n) is 22.4. The molecule has 0 atom stereocenters. The van der Waals surface area contributed by atoms with Crippen LogP contribution in [0.2, 0.25) is 0 Å². The molecule has 0 saturated heterocycles. The first-order chi connectivity index (χ1) is 20.3. The van der Waals surface area contributed by atoms with Crippen LogP contribution in [0.25, 0.3) is 72.0 Å². The van der Waals surface area contributed by atoms with Crippen LogP contribution < -0.4 is 0 Å². The number of hydrogen-bond acceptors (Lipinski definition) is 1. The first kappa shape index (κ1) is 22.3. The van der Waals surface area contributed by atoms with Gasteiger partial charge in [-0.1, -0.05) is 60.7 Å². The summed E-state index contributed by atoms with van der Waals surface area (Å²) in [7, 11) is 2.08. The summed E-state index contributed by atoms with van der Waals surface area (Å²) in [6, 6.07) is 43.3. The molecule has 5 heterocycles. The number of hydrogen-bond donors (Lipinski definition) is 0. The maximum Gasteiger partial charge on any atom is 0.148 e. The Morgan fingerprint density at radius 2 is 1.17 bits per heavy atom. The van der Waals surface area contributed by atoms with E-state index in [0.29, 0.717) is 0 Å². The van der Waals surface area contributed by atoms with Gasteiger partial charge in [-0.2, -0.15) is 0 Å². The van der Waals surface area contributed by atoms with Crippen LogP contribution in [-0.4, -0.2) is 23.3 Å². The van der Waals surface area contributed by atoms with Crippen LogP contribution in [-0.2, 0) is 7.05 Å². The summed E-state index contributed by atoms with van der Waals surface area (Å²) in [5, 5.41) is 6.01. The Labute approximate surface area is 235 Å². The van der Waals surface area contributed by atoms with Gasteiger partial charge in [-0.15, -0.1) is 0 Å². The lowest BCUT2D eigenvalue weighted by Gasteiger charge is -2.12. The highest BCUT2D eigenvalue weighted by Gasteiger charge is 2.18. The molecule has 5 aromatic heterocycles. The van der Waals surface area contributed by atoms with Crippen LogP contribution >= 0.6 is 0 Å². The minimum atomic E-state index is 0.909. The molecule has 4 aromatic carbocycles. The largest absolute Gasteiger partial charge is 0.337 e. The molecule has 0 aliphatic carbocycles. The zero-order chi connectivity index (χ0) is 27.1. The van der Waals surface area contributed by atoms with E-state index in [4.69, 9.17) is 4.98 Å². The van der Waals surface area contributed by atoms with Crippen molar-refractivity contribution in [1.29, 1.82) is 0 Å². The number of benzene rings is 4. The average molecular weight is 528 g/mol. The molecular formula is C36H25N5. The molecule has 0 fully saturated rings. The van der Waals surface area contributed by atoms with E-state index >= 15 is 0 Å². The maximum atomic E-state index is 5.40. The molecule has 0 N–H and O–H groups in total. The molecule has 0 unspecified atom stereocenters. The molecule has 194 valence electrons. The molecule has 5 heteroatoms. The second-order valence-electron chi connectivity index (χ2n) is 10.7. The minimum Gasteiger partial charge on any atom is -0.337 e. The molecule has 0 saturated carbocycles. The lowest BCUT2D eigenvalue weighted by Crippen LogP contribution is -2.02. The van der Waals surface area contributed by atoms with Crippen molar-refractivity contribution in [2.75, 3.05) is 0 Å². The third kappa shape index (κ3) is 3.08. The number of fused-ring (bicyclic) bond motifs is 7. The third-order valence-electron chi connectivity index (χ3n) is 8.41. The fourth-order valence-electron chi connectivity index (χ4n) is 6.54. The summed E-state index contributed by atoms with van der Waals surface area (Å²) >= 11 is 0. The molecule has 9 aromatic rings. The summed E-state index contributed by atoms with van der Waals surface area (Å²) in [6.07, 6.45) is 4.23. The van der Waals surface area contributed by atoms with Gasteiger partial charge in [0.05, 0.1) is 22.1 Å². The highest BCUT2D eigenvalue weighted by Crippen LogP contribution is 2.35. The minimum absolute atomic E-state index is 0.909. The summed E-state index contributed by atoms with van der Waals surface area (Å²) in [4.78, 5) is 5.40. The highest BCUT2D eigenvalue weighted by atomic mass is 15.1. The van der Waals surface area contributed by atoms with Crippen LogP contribution in [0.4, 0.5) is 0 Å². The molecule has 0 bridgehead atoms. The van der Waals surface area contributed by atoms with Crippen LogP contribution in [0.15, 0.2) is 134 Å². The van der Waals surface area contributed by atoms with Gasteiger partial charge in [-0.3, -0.25) is 9.13 Å². The molecule has 0 aliphatic heterocycles. The van der Waals surface area contributed by atoms with Gasteiger partial charge in [0.15, 0.2) is 0 Å². The Bertz CT molecular complexity index is 2390. The summed E-state index contributed by atoms with van der Waals surface area (Å²) < 4.78 is 9.00. The van der Waals surface area contributed by atoms with E-state index in [9.17, 15) is 0 Å². The molecule has 0 aliphatic rings. The van der Waals surface area contributed by atoms with E-state index < -0.39 is 0 Å². The summed E-state index contributed by atoms with van der Waals surface area (Å²) in [5.41, 5.74) is 6.65. The number of aromatic nitrogens is 5. The second kappa shape index (κ2) is 8.23. The number of nitrogens with zero attached hydrogens (tertiary/aromatic N) is 5. The first-order valence-electron chi connectivity index (χ1n) is 13.9. The van der Waals surface area contributed by atoms with Crippen LogP contribution in [0.3, 0.4) is 0 Å². The fraction of sp³-hybridized carbons (Fsp3) is 0.0278. The molecule has 9 rings (SSSR count). The summed E-state index contributed by atoms with van der Waals surface area (Å²) in [5.74, 6) is 2.04. The van der Waals surface area contributed by atoms with Gasteiger partial charge in [0.25, 0.3) is 0 Å². The lowest BCUT2D eigenvalue weighted by molar-refractivity contribution is 0.859. The molecule has 0 radical (unpaired) electrons. The number of rotatable bonds is 3. The van der Waals surface area contributed by atoms with E-state index in [1.54, 1.807) is 0 Å². The Kier molecular flexibility index (Phi) is 4.47. The van der Waals surface area contributed by atoms with E-state index in [1.807, 2.05) is 0 Å². The molecule has 41 heavy (non-hydrogen) atoms. The third-order valence-corrected chi connectivity index (χ3v) is 8.41. The van der Waals surface area contributed by atoms with Crippen molar-refractivity contribution in [1.82, 2.24) is 23.3 Å². The quantitative estimate of drug-likeness (QED) is 0.227. The van der Waals surface area contributed by atoms with Crippen molar-refractivity contribution in [2.24, 2.45) is 7.05 Å². The number of pyridine rings is 1. The van der Waals surface area contributed by atoms with Crippen molar-refractivity contribution >= 4 is 54.6 Å². The Balaban J connectivity index is 1.35. The standard InChI is InChI=1S/C36H25N5/c1-38-21-8-15-35(38)39-22-20-24-16-17-25(23-33(24)39)40-30-12-5-4-11-28(30)29-18-19-34(37-36(29)40)41-31-13-6-2-9-26(31)27-10-3-7-14-32(27)41/h2-23H,1H3. The Morgan fingerprint density at radius 1 is 0.512 bits per heavy atom. The lowest BCUT2D eigenvalue weighted by atomic mass is 10.2. The van der Waals surface area contributed by atoms with E-state index in [0.717, 1.165) is 50.4 Å². The van der Waals surface area contributed by atoms with Gasteiger partial charge >= 0.3 is 0 Å². The predicted molar refractivity (Wildman–Crippen MR) is 169 cm³/mol. The smallest absolute Gasteiger partial charge is 0.148 e. The second-order valence-corrected chi connectivity index (χ2v) is 10.7. The predicted octanol–water partition coefficient (Wildman–Crippen LogP) is 8.56. The van der Waals surface area contributed by atoms with Crippen molar-refractivity contribution in [2.45, 2.75) is 0 Å². The van der Waals surface area contributed by atoms with E-state index in [1.165, 1.54) is 21.5 Å². The van der Waals surface area contributed by atoms with E-state index in [-0.39, 0.29) is 0 Å². The molecule has 0 amide bonds. The van der Waals surface area contributed by atoms with Crippen LogP contribution in [0.1, 0.15) is 0 Å². The van der Waals surface area contributed by atoms with Crippen molar-refractivity contribution < 1.29 is 0 Å². The Morgan fingerprint density at radius 3 is 1.85 bits per heavy atom. The Hall–Kier alpha value is -5.55. The monoisotopic (exact) mass is 527 g/mol. The van der Waals surface area contributed by atoms with Gasteiger partial charge in [0.1, 0.15) is 17.3 Å². The summed E-state index contributed by atoms with van der Waals surface area (Å²) in [6.45, 7) is 0. The average Bonchev–Trinajstić information content (AvgIpc) is 3.78. The van der Waals surface area contributed by atoms with Crippen molar-refractivity contribution in [3.63, 3.8) is 0 Å². The fourth-order valence-corrected chi connectivity index (χ4v) is 6.54. The van der Waals surface area contributed by atoms with Crippen molar-refractivity contribution in [3.05, 3.63) is 134 Å². The van der Waals surface area contributed by atoms with Gasteiger partial charge in [-0.25, -0.2) is 4.98 Å². The zero-order valence-corrected chi connectivity index (χ0v) is 22.4. The number of para-hydroxylation sites is 3. The number of aryl methyl sites for hydroxylation is 1. The topological polar surface area (TPSA) is 32.6 Å². The SMILES string of the molecule is Cn1cccc1-n1ccc2ccc(-n3c4ccccc4c4ccc(-n5c6ccccc6c6ccccc65)nc43)cc21. The first-order valence-corrected chi connectivity index (χ1v) is 13.9. The van der Waals surface area contributed by atoms with Gasteiger partial charge in [0.2, 0.25) is 0 Å². The van der Waals surface area contributed by atoms with Crippen LogP contribution in [0, 0.1) is 0 Å². The van der Waals surface area contributed by atoms with Gasteiger partial charge in [0, 0.05) is 52.1 Å². The molecular weight excluding hydrogens is 502 g/mol. The normalized spacial score (nSPS) is 12.0. The maximum absolute atomic E-state index is 5.40. The van der Waals surface area contributed by atoms with Gasteiger partial charge < -0.3 is 9.13 Å². The molecule has 0 spiro atoms.